The Hall–Kier alpha value is -3.83. The fourth-order valence-electron chi connectivity index (χ4n) is 6.34. The maximum atomic E-state index is 15.0. The van der Waals surface area contributed by atoms with Crippen LogP contribution in [0.2, 0.25) is 0 Å². The molecule has 0 bridgehead atoms. The molecule has 0 saturated carbocycles. The number of aromatic nitrogens is 1. The average molecular weight is 693 g/mol. The number of likely N-dealkylation sites (tertiary alicyclic amines) is 1. The maximum Gasteiger partial charge on any atom is 0.317 e. The first-order valence-corrected chi connectivity index (χ1v) is 16.7. The van der Waals surface area contributed by atoms with E-state index in [1.54, 1.807) is 20.8 Å². The smallest absolute Gasteiger partial charge is 0.317 e. The minimum Gasteiger partial charge on any atom is -0.361 e. The van der Waals surface area contributed by atoms with Crippen LogP contribution in [0.4, 0.5) is 9.18 Å². The van der Waals surface area contributed by atoms with Crippen LogP contribution >= 0.6 is 27.7 Å². The van der Waals surface area contributed by atoms with Gasteiger partial charge in [0.1, 0.15) is 10.6 Å². The molecule has 2 aliphatic heterocycles. The molecule has 2 aliphatic rings. The number of nitrogens with zero attached hydrogens (tertiary/aromatic N) is 3. The van der Waals surface area contributed by atoms with Gasteiger partial charge in [-0.2, -0.15) is 0 Å². The first kappa shape index (κ1) is 31.2. The van der Waals surface area contributed by atoms with Crippen molar-refractivity contribution in [2.24, 2.45) is 0 Å². The highest BCUT2D eigenvalue weighted by molar-refractivity contribution is 9.10. The summed E-state index contributed by atoms with van der Waals surface area (Å²) < 4.78 is 14.0. The van der Waals surface area contributed by atoms with Crippen molar-refractivity contribution >= 4 is 56.4 Å². The third-order valence-electron chi connectivity index (χ3n) is 8.59. The van der Waals surface area contributed by atoms with Crippen molar-refractivity contribution in [3.63, 3.8) is 0 Å². The number of aryl methyl sites for hydroxylation is 1. The van der Waals surface area contributed by atoms with Crippen LogP contribution in [0.3, 0.4) is 0 Å². The summed E-state index contributed by atoms with van der Waals surface area (Å²) in [5, 5.41) is 3.60. The van der Waals surface area contributed by atoms with Gasteiger partial charge in [0.05, 0.1) is 12.5 Å². The van der Waals surface area contributed by atoms with Gasteiger partial charge in [-0.15, -0.1) is 11.8 Å². The van der Waals surface area contributed by atoms with Gasteiger partial charge >= 0.3 is 6.03 Å². The molecule has 4 amide bonds. The number of benzene rings is 3. The summed E-state index contributed by atoms with van der Waals surface area (Å²) in [6, 6.07) is 19.6. The van der Waals surface area contributed by atoms with Crippen molar-refractivity contribution in [1.29, 1.82) is 0 Å². The molecule has 0 aliphatic carbocycles. The summed E-state index contributed by atoms with van der Waals surface area (Å²) in [7, 11) is 0. The topological polar surface area (TPSA) is 88.8 Å². The molecule has 11 heteroatoms. The van der Waals surface area contributed by atoms with Crippen LogP contribution in [0.5, 0.6) is 0 Å². The van der Waals surface area contributed by atoms with Gasteiger partial charge in [-0.25, -0.2) is 9.18 Å². The zero-order chi connectivity index (χ0) is 31.7. The van der Waals surface area contributed by atoms with Gasteiger partial charge in [0.2, 0.25) is 11.8 Å². The fraction of sp³-hybridized carbons (Fsp3) is 0.324. The molecule has 3 aromatic carbocycles. The van der Waals surface area contributed by atoms with Crippen LogP contribution in [0, 0.1) is 12.7 Å². The lowest BCUT2D eigenvalue weighted by atomic mass is 9.90. The maximum absolute atomic E-state index is 15.0. The predicted molar refractivity (Wildman–Crippen MR) is 177 cm³/mol. The zero-order valence-corrected chi connectivity index (χ0v) is 27.6. The van der Waals surface area contributed by atoms with Crippen LogP contribution in [-0.2, 0) is 16.1 Å². The minimum atomic E-state index is -1.22. The van der Waals surface area contributed by atoms with E-state index in [0.29, 0.717) is 44.8 Å². The molecule has 45 heavy (non-hydrogen) atoms. The van der Waals surface area contributed by atoms with Crippen LogP contribution in [-0.4, -0.2) is 75.0 Å². The fourth-order valence-corrected chi connectivity index (χ4v) is 8.07. The van der Waals surface area contributed by atoms with Crippen molar-refractivity contribution in [2.75, 3.05) is 32.7 Å². The standard InChI is InChI=1S/C34H35BrFN5O3S/c1-3-37-33(44)40-16-14-39(15-17-40)32(43)34(45-26-11-4-22(2)5-12-26)19-30(42)41(21-23-6-8-24(35)9-7-23)31(34)28-20-38-29-18-25(36)10-13-27(28)29/h4-13,18,20,31,38H,3,14-17,19,21H2,1-2H3,(H,37,44)/t31-,34-/m0/s1. The Balaban J connectivity index is 1.46. The van der Waals surface area contributed by atoms with E-state index in [4.69, 9.17) is 0 Å². The Morgan fingerprint density at radius 3 is 2.40 bits per heavy atom. The molecular weight excluding hydrogens is 657 g/mol. The Bertz CT molecular complexity index is 1720. The lowest BCUT2D eigenvalue weighted by Gasteiger charge is -2.42. The number of urea groups is 1. The monoisotopic (exact) mass is 691 g/mol. The molecule has 4 aromatic rings. The summed E-state index contributed by atoms with van der Waals surface area (Å²) in [6.45, 7) is 6.24. The average Bonchev–Trinajstić information content (AvgIpc) is 3.56. The Morgan fingerprint density at radius 1 is 1.02 bits per heavy atom. The number of hydrogen-bond donors (Lipinski definition) is 2. The second-order valence-corrected chi connectivity index (χ2v) is 13.9. The highest BCUT2D eigenvalue weighted by Gasteiger charge is 2.59. The molecule has 3 heterocycles. The lowest BCUT2D eigenvalue weighted by molar-refractivity contribution is -0.136. The molecular formula is C34H35BrFN5O3S. The van der Waals surface area contributed by atoms with E-state index >= 15 is 4.79 Å². The van der Waals surface area contributed by atoms with E-state index < -0.39 is 10.8 Å². The van der Waals surface area contributed by atoms with Crippen molar-refractivity contribution < 1.29 is 18.8 Å². The van der Waals surface area contributed by atoms with E-state index in [1.165, 1.54) is 23.9 Å². The first-order chi connectivity index (χ1) is 21.7. The SMILES string of the molecule is CCNC(=O)N1CCN(C(=O)[C@]2(Sc3ccc(C)cc3)CC(=O)N(Cc3ccc(Br)cc3)[C@H]2c2c[nH]c3cc(F)ccc23)CC1. The third-order valence-corrected chi connectivity index (χ3v) is 10.5. The number of aromatic amines is 1. The molecule has 6 rings (SSSR count). The van der Waals surface area contributed by atoms with Crippen molar-refractivity contribution in [2.45, 2.75) is 42.5 Å². The predicted octanol–water partition coefficient (Wildman–Crippen LogP) is 6.26. The second kappa shape index (κ2) is 12.9. The molecule has 2 N–H and O–H groups in total. The normalized spacial score (nSPS) is 20.2. The Morgan fingerprint density at radius 2 is 1.71 bits per heavy atom. The van der Waals surface area contributed by atoms with Gasteiger partial charge in [0.15, 0.2) is 0 Å². The van der Waals surface area contributed by atoms with Gasteiger partial charge in [-0.05, 0) is 61.9 Å². The molecule has 0 unspecified atom stereocenters. The number of hydrogen-bond acceptors (Lipinski definition) is 4. The number of piperazine rings is 1. The van der Waals surface area contributed by atoms with Crippen molar-refractivity contribution in [3.05, 3.63) is 99.9 Å². The summed E-state index contributed by atoms with van der Waals surface area (Å²) in [5.74, 6) is -0.642. The number of amides is 4. The van der Waals surface area contributed by atoms with Gasteiger partial charge in [-0.1, -0.05) is 45.8 Å². The van der Waals surface area contributed by atoms with E-state index in [-0.39, 0.29) is 30.1 Å². The van der Waals surface area contributed by atoms with E-state index in [0.717, 1.165) is 31.4 Å². The molecule has 2 atom stereocenters. The van der Waals surface area contributed by atoms with E-state index in [1.807, 2.05) is 68.6 Å². The number of nitrogens with one attached hydrogen (secondary N) is 2. The summed E-state index contributed by atoms with van der Waals surface area (Å²) in [5.41, 5.74) is 3.39. The van der Waals surface area contributed by atoms with Crippen molar-refractivity contribution in [3.8, 4) is 0 Å². The van der Waals surface area contributed by atoms with Gasteiger partial charge in [0, 0.05) is 71.3 Å². The van der Waals surface area contributed by atoms with E-state index in [2.05, 4.69) is 26.2 Å². The minimum absolute atomic E-state index is 0.00399. The highest BCUT2D eigenvalue weighted by Crippen LogP contribution is 2.55. The van der Waals surface area contributed by atoms with Gasteiger partial charge < -0.3 is 25.0 Å². The number of rotatable bonds is 7. The quantitative estimate of drug-likeness (QED) is 0.240. The third kappa shape index (κ3) is 6.20. The lowest BCUT2D eigenvalue weighted by Crippen LogP contribution is -2.58. The molecule has 234 valence electrons. The molecule has 2 fully saturated rings. The second-order valence-electron chi connectivity index (χ2n) is 11.6. The molecule has 2 saturated heterocycles. The number of halogens is 2. The van der Waals surface area contributed by atoms with Crippen LogP contribution in [0.15, 0.2) is 82.3 Å². The summed E-state index contributed by atoms with van der Waals surface area (Å²) >= 11 is 4.91. The largest absolute Gasteiger partial charge is 0.361 e. The zero-order valence-electron chi connectivity index (χ0n) is 25.2. The van der Waals surface area contributed by atoms with Crippen LogP contribution in [0.25, 0.3) is 10.9 Å². The van der Waals surface area contributed by atoms with Crippen LogP contribution < -0.4 is 5.32 Å². The molecule has 8 nitrogen and oxygen atoms in total. The number of thioether (sulfide) groups is 1. The molecule has 1 aromatic heterocycles. The Labute approximate surface area is 274 Å². The molecule has 0 radical (unpaired) electrons. The number of carbonyl (C=O) groups excluding carboxylic acids is 3. The van der Waals surface area contributed by atoms with Gasteiger partial charge in [-0.3, -0.25) is 9.59 Å². The molecule has 0 spiro atoms. The number of H-pyrrole nitrogens is 1. The summed E-state index contributed by atoms with van der Waals surface area (Å²) in [4.78, 5) is 51.1. The van der Waals surface area contributed by atoms with Crippen molar-refractivity contribution in [1.82, 2.24) is 25.0 Å². The summed E-state index contributed by atoms with van der Waals surface area (Å²) in [6.07, 6.45) is 1.81. The number of carbonyl (C=O) groups is 3. The first-order valence-electron chi connectivity index (χ1n) is 15.1. The Kier molecular flexibility index (Phi) is 8.92. The van der Waals surface area contributed by atoms with Crippen LogP contribution in [0.1, 0.15) is 36.1 Å². The number of fused-ring (bicyclic) bond motifs is 1. The van der Waals surface area contributed by atoms with Gasteiger partial charge in [0.25, 0.3) is 0 Å². The highest BCUT2D eigenvalue weighted by atomic mass is 79.9. The van der Waals surface area contributed by atoms with E-state index in [9.17, 15) is 14.0 Å².